The number of esters is 1. The van der Waals surface area contributed by atoms with Gasteiger partial charge in [-0.1, -0.05) is 0 Å². The fraction of sp³-hybridized carbons (Fsp3) is 0.300. The summed E-state index contributed by atoms with van der Waals surface area (Å²) in [7, 11) is 0. The predicted octanol–water partition coefficient (Wildman–Crippen LogP) is 2.31. The van der Waals surface area contributed by atoms with Gasteiger partial charge in [0.1, 0.15) is 0 Å². The van der Waals surface area contributed by atoms with E-state index in [0.717, 1.165) is 3.57 Å². The molecule has 16 heavy (non-hydrogen) atoms. The zero-order chi connectivity index (χ0) is 12.1. The third kappa shape index (κ3) is 3.44. The second-order valence-electron chi connectivity index (χ2n) is 3.01. The van der Waals surface area contributed by atoms with Crippen LogP contribution in [0.1, 0.15) is 12.5 Å². The summed E-state index contributed by atoms with van der Waals surface area (Å²) in [5.41, 5.74) is 0.605. The molecular weight excluding hydrogens is 325 g/mol. The van der Waals surface area contributed by atoms with Crippen LogP contribution in [0.2, 0.25) is 0 Å². The van der Waals surface area contributed by atoms with Crippen molar-refractivity contribution in [1.29, 1.82) is 0 Å². The highest BCUT2D eigenvalue weighted by molar-refractivity contribution is 14.1. The van der Waals surface area contributed by atoms with Crippen molar-refractivity contribution < 1.29 is 14.5 Å². The fourth-order valence-corrected chi connectivity index (χ4v) is 1.70. The molecule has 0 aliphatic rings. The second kappa shape index (κ2) is 5.78. The maximum atomic E-state index is 11.3. The van der Waals surface area contributed by atoms with Gasteiger partial charge in [-0.15, -0.1) is 0 Å². The Morgan fingerprint density at radius 2 is 2.25 bits per heavy atom. The number of hydrogen-bond acceptors (Lipinski definition) is 4. The minimum Gasteiger partial charge on any atom is -0.466 e. The van der Waals surface area contributed by atoms with Gasteiger partial charge in [-0.25, -0.2) is 0 Å². The molecule has 0 spiro atoms. The first kappa shape index (κ1) is 12.9. The van der Waals surface area contributed by atoms with E-state index in [1.165, 1.54) is 12.1 Å². The van der Waals surface area contributed by atoms with Gasteiger partial charge in [0, 0.05) is 15.7 Å². The van der Waals surface area contributed by atoms with Crippen LogP contribution < -0.4 is 0 Å². The zero-order valence-corrected chi connectivity index (χ0v) is 10.8. The van der Waals surface area contributed by atoms with Gasteiger partial charge in [-0.05, 0) is 41.1 Å². The van der Waals surface area contributed by atoms with Gasteiger partial charge in [0.2, 0.25) is 0 Å². The standard InChI is InChI=1S/C10H10INO4/c1-2-16-10(13)6-7-5-8(12(14)15)3-4-9(7)11/h3-5H,2,6H2,1H3. The van der Waals surface area contributed by atoms with Gasteiger partial charge in [-0.3, -0.25) is 14.9 Å². The lowest BCUT2D eigenvalue weighted by atomic mass is 10.1. The maximum Gasteiger partial charge on any atom is 0.310 e. The van der Waals surface area contributed by atoms with Crippen LogP contribution >= 0.6 is 22.6 Å². The average molecular weight is 335 g/mol. The van der Waals surface area contributed by atoms with Gasteiger partial charge in [0.25, 0.3) is 5.69 Å². The van der Waals surface area contributed by atoms with E-state index < -0.39 is 4.92 Å². The number of nitrogens with zero attached hydrogens (tertiary/aromatic N) is 1. The highest BCUT2D eigenvalue weighted by atomic mass is 127. The van der Waals surface area contributed by atoms with E-state index in [2.05, 4.69) is 0 Å². The molecule has 0 atom stereocenters. The van der Waals surface area contributed by atoms with Crippen LogP contribution in [0.5, 0.6) is 0 Å². The number of carbonyl (C=O) groups is 1. The Morgan fingerprint density at radius 1 is 1.56 bits per heavy atom. The van der Waals surface area contributed by atoms with Crippen LogP contribution in [0.25, 0.3) is 0 Å². The third-order valence-electron chi connectivity index (χ3n) is 1.88. The van der Waals surface area contributed by atoms with Crippen LogP contribution in [0, 0.1) is 13.7 Å². The van der Waals surface area contributed by atoms with Crippen molar-refractivity contribution in [3.05, 3.63) is 37.4 Å². The summed E-state index contributed by atoms with van der Waals surface area (Å²) in [5.74, 6) is -0.374. The largest absolute Gasteiger partial charge is 0.466 e. The number of carbonyl (C=O) groups excluding carboxylic acids is 1. The quantitative estimate of drug-likeness (QED) is 0.366. The number of nitro groups is 1. The molecule has 0 saturated heterocycles. The van der Waals surface area contributed by atoms with E-state index >= 15 is 0 Å². The van der Waals surface area contributed by atoms with Crippen molar-refractivity contribution in [2.75, 3.05) is 6.61 Å². The molecule has 1 rings (SSSR count). The van der Waals surface area contributed by atoms with Crippen LogP contribution in [0.4, 0.5) is 5.69 Å². The summed E-state index contributed by atoms with van der Waals surface area (Å²) in [4.78, 5) is 21.3. The molecule has 0 radical (unpaired) electrons. The molecule has 86 valence electrons. The molecular formula is C10H10INO4. The van der Waals surface area contributed by atoms with Gasteiger partial charge in [-0.2, -0.15) is 0 Å². The van der Waals surface area contributed by atoms with Crippen LogP contribution in [-0.2, 0) is 16.0 Å². The molecule has 1 aromatic rings. The Hall–Kier alpha value is -1.18. The summed E-state index contributed by atoms with van der Waals surface area (Å²) >= 11 is 2.03. The van der Waals surface area contributed by atoms with Crippen molar-refractivity contribution >= 4 is 34.2 Å². The van der Waals surface area contributed by atoms with Gasteiger partial charge < -0.3 is 4.74 Å². The molecule has 6 heteroatoms. The zero-order valence-electron chi connectivity index (χ0n) is 8.60. The van der Waals surface area contributed by atoms with Gasteiger partial charge >= 0.3 is 5.97 Å². The molecule has 0 aliphatic carbocycles. The number of non-ortho nitro benzene ring substituents is 1. The normalized spacial score (nSPS) is 9.88. The first-order valence-electron chi connectivity index (χ1n) is 4.63. The molecule has 1 aromatic carbocycles. The van der Waals surface area contributed by atoms with E-state index in [9.17, 15) is 14.9 Å². The summed E-state index contributed by atoms with van der Waals surface area (Å²) in [5, 5.41) is 10.6. The van der Waals surface area contributed by atoms with Crippen molar-refractivity contribution in [3.63, 3.8) is 0 Å². The topological polar surface area (TPSA) is 69.4 Å². The van der Waals surface area contributed by atoms with Crippen molar-refractivity contribution in [2.24, 2.45) is 0 Å². The molecule has 0 fully saturated rings. The lowest BCUT2D eigenvalue weighted by molar-refractivity contribution is -0.384. The van der Waals surface area contributed by atoms with E-state index in [1.54, 1.807) is 13.0 Å². The fourth-order valence-electron chi connectivity index (χ4n) is 1.18. The SMILES string of the molecule is CCOC(=O)Cc1cc([N+](=O)[O-])ccc1I. The third-order valence-corrected chi connectivity index (χ3v) is 2.93. The Bertz CT molecular complexity index is 419. The van der Waals surface area contributed by atoms with E-state index in [4.69, 9.17) is 4.74 Å². The first-order valence-corrected chi connectivity index (χ1v) is 5.71. The molecule has 0 unspecified atom stereocenters. The van der Waals surface area contributed by atoms with Crippen molar-refractivity contribution in [1.82, 2.24) is 0 Å². The number of benzene rings is 1. The van der Waals surface area contributed by atoms with Crippen molar-refractivity contribution in [2.45, 2.75) is 13.3 Å². The Kier molecular flexibility index (Phi) is 4.66. The predicted molar refractivity (Wildman–Crippen MR) is 66.2 cm³/mol. The minimum atomic E-state index is -0.481. The summed E-state index contributed by atoms with van der Waals surface area (Å²) in [6, 6.07) is 4.43. The van der Waals surface area contributed by atoms with Crippen LogP contribution in [-0.4, -0.2) is 17.5 Å². The maximum absolute atomic E-state index is 11.3. The molecule has 0 saturated carbocycles. The lowest BCUT2D eigenvalue weighted by Crippen LogP contribution is -2.08. The summed E-state index contributed by atoms with van der Waals surface area (Å²) < 4.78 is 5.61. The summed E-state index contributed by atoms with van der Waals surface area (Å²) in [6.07, 6.45) is 0.0633. The number of hydrogen-bond donors (Lipinski definition) is 0. The number of halogens is 1. The molecule has 0 aromatic heterocycles. The van der Waals surface area contributed by atoms with Crippen LogP contribution in [0.3, 0.4) is 0 Å². The minimum absolute atomic E-state index is 0.0142. The summed E-state index contributed by atoms with van der Waals surface area (Å²) in [6.45, 7) is 2.03. The van der Waals surface area contributed by atoms with E-state index in [1.807, 2.05) is 22.6 Å². The molecule has 0 heterocycles. The highest BCUT2D eigenvalue weighted by Crippen LogP contribution is 2.20. The van der Waals surface area contributed by atoms with Gasteiger partial charge in [0.05, 0.1) is 18.0 Å². The molecule has 5 nitrogen and oxygen atoms in total. The number of ether oxygens (including phenoxy) is 1. The Balaban J connectivity index is 2.90. The van der Waals surface area contributed by atoms with E-state index in [0.29, 0.717) is 12.2 Å². The van der Waals surface area contributed by atoms with Crippen molar-refractivity contribution in [3.8, 4) is 0 Å². The average Bonchev–Trinajstić information content (AvgIpc) is 2.21. The Morgan fingerprint density at radius 3 is 2.81 bits per heavy atom. The smallest absolute Gasteiger partial charge is 0.310 e. The van der Waals surface area contributed by atoms with Crippen LogP contribution in [0.15, 0.2) is 18.2 Å². The molecule has 0 aliphatic heterocycles. The molecule has 0 amide bonds. The monoisotopic (exact) mass is 335 g/mol. The van der Waals surface area contributed by atoms with E-state index in [-0.39, 0.29) is 18.1 Å². The highest BCUT2D eigenvalue weighted by Gasteiger charge is 2.12. The molecule has 0 bridgehead atoms. The first-order chi connectivity index (χ1) is 7.54. The second-order valence-corrected chi connectivity index (χ2v) is 4.18. The Labute approximate surface area is 106 Å². The number of nitro benzene ring substituents is 1. The molecule has 0 N–H and O–H groups in total. The lowest BCUT2D eigenvalue weighted by Gasteiger charge is -2.04. The van der Waals surface area contributed by atoms with Gasteiger partial charge in [0.15, 0.2) is 0 Å². The number of rotatable bonds is 4.